The van der Waals surface area contributed by atoms with E-state index in [2.05, 4.69) is 20.3 Å². The normalized spacial score (nSPS) is 15.9. The molecular formula is C22H27FN6O2. The van der Waals surface area contributed by atoms with Crippen molar-refractivity contribution in [1.82, 2.24) is 15.3 Å². The SMILES string of the molecule is COC(=O)C(c1ccc(-c2cnc(N)c(C(=NC/C=C/F)NN)c2)cc1)N1CCCC1. The number of aliphatic imine (C=N–C) groups is 1. The number of esters is 1. The summed E-state index contributed by atoms with van der Waals surface area (Å²) in [7, 11) is 1.41. The summed E-state index contributed by atoms with van der Waals surface area (Å²) in [5, 5.41) is 0. The van der Waals surface area contributed by atoms with E-state index in [0.29, 0.717) is 17.7 Å². The Bertz CT molecular complexity index is 955. The number of anilines is 1. The molecule has 0 radical (unpaired) electrons. The van der Waals surface area contributed by atoms with Crippen molar-refractivity contribution in [2.45, 2.75) is 18.9 Å². The highest BCUT2D eigenvalue weighted by Gasteiger charge is 2.30. The third-order valence-corrected chi connectivity index (χ3v) is 5.24. The van der Waals surface area contributed by atoms with Crippen molar-refractivity contribution in [2.75, 3.05) is 32.5 Å². The van der Waals surface area contributed by atoms with Crippen molar-refractivity contribution in [3.63, 3.8) is 0 Å². The number of carbonyl (C=O) groups excluding carboxylic acids is 1. The highest BCUT2D eigenvalue weighted by molar-refractivity contribution is 6.03. The van der Waals surface area contributed by atoms with E-state index in [1.807, 2.05) is 30.3 Å². The molecule has 2 heterocycles. The zero-order chi connectivity index (χ0) is 22.2. The number of likely N-dealkylation sites (tertiary alicyclic amines) is 1. The summed E-state index contributed by atoms with van der Waals surface area (Å²) in [6, 6.07) is 9.10. The Balaban J connectivity index is 1.90. The molecule has 3 rings (SSSR count). The second-order valence-corrected chi connectivity index (χ2v) is 7.14. The Morgan fingerprint density at radius 2 is 2.03 bits per heavy atom. The van der Waals surface area contributed by atoms with Gasteiger partial charge in [-0.25, -0.2) is 20.0 Å². The summed E-state index contributed by atoms with van der Waals surface area (Å²) < 4.78 is 17.2. The van der Waals surface area contributed by atoms with Crippen LogP contribution >= 0.6 is 0 Å². The van der Waals surface area contributed by atoms with Gasteiger partial charge in [0.05, 0.1) is 25.5 Å². The van der Waals surface area contributed by atoms with Gasteiger partial charge in [-0.1, -0.05) is 24.3 Å². The highest BCUT2D eigenvalue weighted by Crippen LogP contribution is 2.29. The second kappa shape index (κ2) is 10.6. The first-order valence-corrected chi connectivity index (χ1v) is 10.0. The molecule has 1 aliphatic heterocycles. The fourth-order valence-corrected chi connectivity index (χ4v) is 3.68. The number of benzene rings is 1. The number of hydrogen-bond donors (Lipinski definition) is 3. The third kappa shape index (κ3) is 5.25. The number of nitrogens with one attached hydrogen (secondary N) is 1. The molecular weight excluding hydrogens is 399 g/mol. The average molecular weight is 426 g/mol. The lowest BCUT2D eigenvalue weighted by molar-refractivity contribution is -0.146. The van der Waals surface area contributed by atoms with E-state index < -0.39 is 6.04 Å². The van der Waals surface area contributed by atoms with Crippen molar-refractivity contribution in [2.24, 2.45) is 10.8 Å². The van der Waals surface area contributed by atoms with Gasteiger partial charge in [0.1, 0.15) is 17.7 Å². The van der Waals surface area contributed by atoms with E-state index in [9.17, 15) is 9.18 Å². The predicted molar refractivity (Wildman–Crippen MR) is 119 cm³/mol. The minimum atomic E-state index is -0.412. The summed E-state index contributed by atoms with van der Waals surface area (Å²) in [5.41, 5.74) is 11.6. The van der Waals surface area contributed by atoms with Gasteiger partial charge < -0.3 is 15.9 Å². The van der Waals surface area contributed by atoms with Gasteiger partial charge in [0.15, 0.2) is 0 Å². The Labute approximate surface area is 180 Å². The molecule has 164 valence electrons. The Kier molecular flexibility index (Phi) is 7.69. The van der Waals surface area contributed by atoms with Crippen LogP contribution in [-0.2, 0) is 9.53 Å². The number of nitrogens with zero attached hydrogens (tertiary/aromatic N) is 3. The van der Waals surface area contributed by atoms with Gasteiger partial charge >= 0.3 is 5.97 Å². The van der Waals surface area contributed by atoms with Crippen molar-refractivity contribution in [3.05, 3.63) is 60.1 Å². The van der Waals surface area contributed by atoms with Crippen LogP contribution in [0.15, 0.2) is 53.9 Å². The fraction of sp³-hybridized carbons (Fsp3) is 0.318. The molecule has 31 heavy (non-hydrogen) atoms. The van der Waals surface area contributed by atoms with Crippen molar-refractivity contribution >= 4 is 17.6 Å². The first-order chi connectivity index (χ1) is 15.1. The summed E-state index contributed by atoms with van der Waals surface area (Å²) >= 11 is 0. The van der Waals surface area contributed by atoms with Gasteiger partial charge in [-0.05, 0) is 49.2 Å². The number of carbonyl (C=O) groups is 1. The van der Waals surface area contributed by atoms with Crippen molar-refractivity contribution < 1.29 is 13.9 Å². The Hall–Kier alpha value is -3.30. The number of nitrogen functional groups attached to an aromatic ring is 1. The number of hydrogen-bond acceptors (Lipinski definition) is 7. The number of hydrazine groups is 1. The van der Waals surface area contributed by atoms with Crippen LogP contribution in [-0.4, -0.2) is 48.4 Å². The lowest BCUT2D eigenvalue weighted by atomic mass is 10.00. The van der Waals surface area contributed by atoms with E-state index in [-0.39, 0.29) is 18.3 Å². The molecule has 1 fully saturated rings. The van der Waals surface area contributed by atoms with Crippen LogP contribution < -0.4 is 17.0 Å². The predicted octanol–water partition coefficient (Wildman–Crippen LogP) is 2.33. The molecule has 1 unspecified atom stereocenters. The van der Waals surface area contributed by atoms with E-state index >= 15 is 0 Å². The van der Waals surface area contributed by atoms with E-state index in [0.717, 1.165) is 42.6 Å². The number of halogens is 1. The summed E-state index contributed by atoms with van der Waals surface area (Å²) in [6.07, 6.45) is 5.47. The van der Waals surface area contributed by atoms with Crippen LogP contribution in [0.5, 0.6) is 0 Å². The maximum atomic E-state index is 12.4. The minimum absolute atomic E-state index is 0.111. The lowest BCUT2D eigenvalue weighted by Crippen LogP contribution is -2.32. The quantitative estimate of drug-likeness (QED) is 0.204. The molecule has 1 aromatic heterocycles. The molecule has 0 saturated carbocycles. The zero-order valence-corrected chi connectivity index (χ0v) is 17.4. The van der Waals surface area contributed by atoms with Gasteiger partial charge in [0, 0.05) is 11.8 Å². The third-order valence-electron chi connectivity index (χ3n) is 5.24. The molecule has 1 aromatic carbocycles. The Morgan fingerprint density at radius 1 is 1.32 bits per heavy atom. The lowest BCUT2D eigenvalue weighted by Gasteiger charge is -2.25. The second-order valence-electron chi connectivity index (χ2n) is 7.14. The van der Waals surface area contributed by atoms with Crippen LogP contribution in [0, 0.1) is 0 Å². The number of aromatic nitrogens is 1. The van der Waals surface area contributed by atoms with E-state index in [1.54, 1.807) is 6.20 Å². The molecule has 0 aliphatic carbocycles. The topological polar surface area (TPSA) is 119 Å². The van der Waals surface area contributed by atoms with E-state index in [4.69, 9.17) is 16.3 Å². The smallest absolute Gasteiger partial charge is 0.327 e. The van der Waals surface area contributed by atoms with Gasteiger partial charge in [0.2, 0.25) is 0 Å². The number of amidine groups is 1. The summed E-state index contributed by atoms with van der Waals surface area (Å²) in [4.78, 5) is 23.0. The largest absolute Gasteiger partial charge is 0.468 e. The summed E-state index contributed by atoms with van der Waals surface area (Å²) in [5.74, 6) is 5.87. The molecule has 0 bridgehead atoms. The van der Waals surface area contributed by atoms with E-state index in [1.165, 1.54) is 13.2 Å². The number of nitrogens with two attached hydrogens (primary N) is 2. The maximum absolute atomic E-state index is 12.4. The van der Waals surface area contributed by atoms with Gasteiger partial charge in [0.25, 0.3) is 0 Å². The van der Waals surface area contributed by atoms with Crippen LogP contribution in [0.2, 0.25) is 0 Å². The first-order valence-electron chi connectivity index (χ1n) is 10.0. The number of methoxy groups -OCH3 is 1. The summed E-state index contributed by atoms with van der Waals surface area (Å²) in [6.45, 7) is 1.86. The molecule has 9 heteroatoms. The first kappa shape index (κ1) is 22.4. The molecule has 0 spiro atoms. The van der Waals surface area contributed by atoms with Gasteiger partial charge in [-0.15, -0.1) is 0 Å². The highest BCUT2D eigenvalue weighted by atomic mass is 19.1. The molecule has 8 nitrogen and oxygen atoms in total. The molecule has 5 N–H and O–H groups in total. The van der Waals surface area contributed by atoms with Crippen molar-refractivity contribution in [3.8, 4) is 11.1 Å². The molecule has 2 aromatic rings. The van der Waals surface area contributed by atoms with Crippen LogP contribution in [0.25, 0.3) is 11.1 Å². The van der Waals surface area contributed by atoms with Gasteiger partial charge in [-0.2, -0.15) is 0 Å². The zero-order valence-electron chi connectivity index (χ0n) is 17.4. The number of ether oxygens (including phenoxy) is 1. The Morgan fingerprint density at radius 3 is 2.65 bits per heavy atom. The molecule has 1 saturated heterocycles. The van der Waals surface area contributed by atoms with Gasteiger partial charge in [-0.3, -0.25) is 9.89 Å². The van der Waals surface area contributed by atoms with Crippen molar-refractivity contribution in [1.29, 1.82) is 0 Å². The molecule has 1 atom stereocenters. The number of pyridine rings is 1. The maximum Gasteiger partial charge on any atom is 0.327 e. The molecule has 1 aliphatic rings. The number of rotatable bonds is 7. The molecule has 0 amide bonds. The van der Waals surface area contributed by atoms with Crippen LogP contribution in [0.3, 0.4) is 0 Å². The standard InChI is InChI=1S/C22H27FN6O2/c1-31-22(30)19(29-11-2-3-12-29)16-7-5-15(6-8-16)17-13-18(20(24)27-14-17)21(28-25)26-10-4-9-23/h4-9,13-14,19H,2-3,10-12,25H2,1H3,(H2,24,27)(H,26,28)/b9-4+. The average Bonchev–Trinajstić information content (AvgIpc) is 3.32. The monoisotopic (exact) mass is 426 g/mol. The minimum Gasteiger partial charge on any atom is -0.468 e. The van der Waals surface area contributed by atoms with Crippen LogP contribution in [0.4, 0.5) is 10.2 Å². The fourth-order valence-electron chi connectivity index (χ4n) is 3.68. The van der Waals surface area contributed by atoms with Crippen LogP contribution in [0.1, 0.15) is 30.0 Å².